The number of esters is 1. The summed E-state index contributed by atoms with van der Waals surface area (Å²) in [5.74, 6) is -0.490. The van der Waals surface area contributed by atoms with Crippen molar-refractivity contribution < 1.29 is 9.53 Å². The van der Waals surface area contributed by atoms with Gasteiger partial charge in [-0.2, -0.15) is 0 Å². The molecule has 0 radical (unpaired) electrons. The molecule has 0 atom stereocenters. The highest BCUT2D eigenvalue weighted by Gasteiger charge is 2.12. The number of nitrogens with one attached hydrogen (secondary N) is 1. The molecule has 0 fully saturated rings. The topological polar surface area (TPSA) is 72.0 Å². The van der Waals surface area contributed by atoms with E-state index in [1.807, 2.05) is 6.07 Å². The molecule has 2 heterocycles. The minimum atomic E-state index is -0.490. The second kappa shape index (κ2) is 6.22. The number of ether oxygens (including phenoxy) is 1. The monoisotopic (exact) mass is 328 g/mol. The Morgan fingerprint density at radius 3 is 2.87 bits per heavy atom. The Morgan fingerprint density at radius 1 is 1.30 bits per heavy atom. The van der Waals surface area contributed by atoms with Crippen molar-refractivity contribution in [2.75, 3.05) is 7.11 Å². The maximum Gasteiger partial charge on any atom is 0.339 e. The summed E-state index contributed by atoms with van der Waals surface area (Å²) in [6.07, 6.45) is 3.73. The summed E-state index contributed by atoms with van der Waals surface area (Å²) in [5, 5.41) is 1.16. The molecule has 1 aromatic carbocycles. The third-order valence-electron chi connectivity index (χ3n) is 3.55. The third-order valence-corrected chi connectivity index (χ3v) is 3.87. The van der Waals surface area contributed by atoms with E-state index in [0.29, 0.717) is 22.6 Å². The predicted molar refractivity (Wildman–Crippen MR) is 88.0 cm³/mol. The van der Waals surface area contributed by atoms with Gasteiger partial charge in [-0.25, -0.2) is 4.79 Å². The first-order valence-corrected chi connectivity index (χ1v) is 7.29. The van der Waals surface area contributed by atoms with Crippen molar-refractivity contribution in [1.29, 1.82) is 0 Å². The molecular weight excluding hydrogens is 316 g/mol. The lowest BCUT2D eigenvalue weighted by molar-refractivity contribution is 0.0601. The van der Waals surface area contributed by atoms with Crippen LogP contribution in [0.1, 0.15) is 21.5 Å². The molecule has 0 amide bonds. The van der Waals surface area contributed by atoms with Crippen LogP contribution < -0.4 is 5.56 Å². The lowest BCUT2D eigenvalue weighted by atomic mass is 10.0. The number of aromatic amines is 1. The van der Waals surface area contributed by atoms with Gasteiger partial charge in [0.15, 0.2) is 0 Å². The zero-order chi connectivity index (χ0) is 16.4. The van der Waals surface area contributed by atoms with E-state index in [1.165, 1.54) is 7.11 Å². The minimum Gasteiger partial charge on any atom is -0.465 e. The van der Waals surface area contributed by atoms with Gasteiger partial charge in [0.2, 0.25) is 0 Å². The van der Waals surface area contributed by atoms with Crippen LogP contribution in [0.4, 0.5) is 0 Å². The Hall–Kier alpha value is -2.66. The van der Waals surface area contributed by atoms with Gasteiger partial charge in [0, 0.05) is 29.8 Å². The van der Waals surface area contributed by atoms with Crippen LogP contribution in [0.25, 0.3) is 10.9 Å². The van der Waals surface area contributed by atoms with Crippen LogP contribution in [-0.4, -0.2) is 23.0 Å². The number of hydrogen-bond acceptors (Lipinski definition) is 4. The first-order chi connectivity index (χ1) is 11.1. The average Bonchev–Trinajstić information content (AvgIpc) is 2.55. The van der Waals surface area contributed by atoms with Gasteiger partial charge in [-0.05, 0) is 29.8 Å². The van der Waals surface area contributed by atoms with Gasteiger partial charge < -0.3 is 9.72 Å². The molecule has 0 saturated carbocycles. The zero-order valence-corrected chi connectivity index (χ0v) is 13.1. The Bertz CT molecular complexity index is 950. The average molecular weight is 329 g/mol. The van der Waals surface area contributed by atoms with Crippen molar-refractivity contribution >= 4 is 28.5 Å². The van der Waals surface area contributed by atoms with Crippen LogP contribution in [-0.2, 0) is 11.2 Å². The number of hydrogen-bond donors (Lipinski definition) is 1. The van der Waals surface area contributed by atoms with Gasteiger partial charge in [0.1, 0.15) is 0 Å². The molecule has 3 rings (SSSR count). The molecule has 3 aromatic rings. The summed E-state index contributed by atoms with van der Waals surface area (Å²) >= 11 is 6.11. The van der Waals surface area contributed by atoms with E-state index in [-0.39, 0.29) is 5.56 Å². The largest absolute Gasteiger partial charge is 0.465 e. The standard InChI is InChI=1S/C17H13ClN2O3/c1-23-17(22)13-3-2-10(7-14(13)18)6-11-8-12-9-19-5-4-15(12)20-16(11)21/h2-5,7-9H,6H2,1H3,(H,20,21). The van der Waals surface area contributed by atoms with Gasteiger partial charge in [-0.15, -0.1) is 0 Å². The van der Waals surface area contributed by atoms with Gasteiger partial charge in [0.25, 0.3) is 5.56 Å². The van der Waals surface area contributed by atoms with E-state index in [0.717, 1.165) is 16.5 Å². The summed E-state index contributed by atoms with van der Waals surface area (Å²) in [6.45, 7) is 0. The van der Waals surface area contributed by atoms with Crippen molar-refractivity contribution in [3.8, 4) is 0 Å². The highest BCUT2D eigenvalue weighted by molar-refractivity contribution is 6.33. The van der Waals surface area contributed by atoms with Crippen LogP contribution in [0.2, 0.25) is 5.02 Å². The summed E-state index contributed by atoms with van der Waals surface area (Å²) in [6, 6.07) is 8.58. The second-order valence-electron chi connectivity index (χ2n) is 5.07. The Morgan fingerprint density at radius 2 is 2.13 bits per heavy atom. The molecule has 1 N–H and O–H groups in total. The molecule has 2 aromatic heterocycles. The quantitative estimate of drug-likeness (QED) is 0.750. The second-order valence-corrected chi connectivity index (χ2v) is 5.48. The van der Waals surface area contributed by atoms with E-state index >= 15 is 0 Å². The predicted octanol–water partition coefficient (Wildman–Crippen LogP) is 2.95. The maximum atomic E-state index is 12.2. The molecule has 0 aliphatic heterocycles. The molecule has 0 aliphatic rings. The lowest BCUT2D eigenvalue weighted by Crippen LogP contribution is -2.13. The molecule has 0 aliphatic carbocycles. The molecule has 0 bridgehead atoms. The van der Waals surface area contributed by atoms with Gasteiger partial charge in [-0.1, -0.05) is 17.7 Å². The fraction of sp³-hybridized carbons (Fsp3) is 0.118. The van der Waals surface area contributed by atoms with Crippen LogP contribution in [0.3, 0.4) is 0 Å². The number of carbonyl (C=O) groups excluding carboxylic acids is 1. The first kappa shape index (κ1) is 15.2. The van der Waals surface area contributed by atoms with E-state index in [4.69, 9.17) is 11.6 Å². The molecule has 6 heteroatoms. The Balaban J connectivity index is 1.96. The fourth-order valence-electron chi connectivity index (χ4n) is 2.39. The summed E-state index contributed by atoms with van der Waals surface area (Å²) in [4.78, 5) is 30.6. The van der Waals surface area contributed by atoms with Crippen molar-refractivity contribution in [2.24, 2.45) is 0 Å². The number of methoxy groups -OCH3 is 1. The smallest absolute Gasteiger partial charge is 0.339 e. The van der Waals surface area contributed by atoms with E-state index in [2.05, 4.69) is 14.7 Å². The van der Waals surface area contributed by atoms with E-state index in [9.17, 15) is 9.59 Å². The molecule has 0 spiro atoms. The fourth-order valence-corrected chi connectivity index (χ4v) is 2.67. The number of rotatable bonds is 3. The number of benzene rings is 1. The highest BCUT2D eigenvalue weighted by atomic mass is 35.5. The minimum absolute atomic E-state index is 0.156. The molecule has 0 unspecified atom stereocenters. The summed E-state index contributed by atoms with van der Waals surface area (Å²) < 4.78 is 4.66. The van der Waals surface area contributed by atoms with Crippen molar-refractivity contribution in [3.05, 3.63) is 74.8 Å². The zero-order valence-electron chi connectivity index (χ0n) is 12.3. The van der Waals surface area contributed by atoms with Crippen LogP contribution >= 0.6 is 11.6 Å². The van der Waals surface area contributed by atoms with Crippen molar-refractivity contribution in [3.63, 3.8) is 0 Å². The molecule has 5 nitrogen and oxygen atoms in total. The van der Waals surface area contributed by atoms with Crippen molar-refractivity contribution in [2.45, 2.75) is 6.42 Å². The number of pyridine rings is 2. The number of aromatic nitrogens is 2. The van der Waals surface area contributed by atoms with Crippen LogP contribution in [0.5, 0.6) is 0 Å². The van der Waals surface area contributed by atoms with Crippen molar-refractivity contribution in [1.82, 2.24) is 9.97 Å². The lowest BCUT2D eigenvalue weighted by Gasteiger charge is -2.06. The number of nitrogens with zero attached hydrogens (tertiary/aromatic N) is 1. The third kappa shape index (κ3) is 3.10. The Kier molecular flexibility index (Phi) is 4.12. The normalized spacial score (nSPS) is 10.7. The van der Waals surface area contributed by atoms with Crippen LogP contribution in [0, 0.1) is 0 Å². The summed E-state index contributed by atoms with van der Waals surface area (Å²) in [7, 11) is 1.30. The van der Waals surface area contributed by atoms with Gasteiger partial charge in [0.05, 0.1) is 23.2 Å². The Labute approximate surface area is 136 Å². The first-order valence-electron chi connectivity index (χ1n) is 6.91. The highest BCUT2D eigenvalue weighted by Crippen LogP contribution is 2.20. The number of carbonyl (C=O) groups is 1. The van der Waals surface area contributed by atoms with Crippen LogP contribution in [0.15, 0.2) is 47.5 Å². The SMILES string of the molecule is COC(=O)c1ccc(Cc2cc3cnccc3[nH]c2=O)cc1Cl. The molecule has 23 heavy (non-hydrogen) atoms. The number of fused-ring (bicyclic) bond motifs is 1. The molecule has 0 saturated heterocycles. The molecular formula is C17H13ClN2O3. The van der Waals surface area contributed by atoms with E-state index < -0.39 is 5.97 Å². The number of halogens is 1. The summed E-state index contributed by atoms with van der Waals surface area (Å²) in [5.41, 5.74) is 2.32. The maximum absolute atomic E-state index is 12.2. The van der Waals surface area contributed by atoms with E-state index in [1.54, 1.807) is 36.7 Å². The van der Waals surface area contributed by atoms with Gasteiger partial charge in [-0.3, -0.25) is 9.78 Å². The number of H-pyrrole nitrogens is 1. The molecule has 116 valence electrons. The van der Waals surface area contributed by atoms with Gasteiger partial charge >= 0.3 is 5.97 Å².